The van der Waals surface area contributed by atoms with E-state index in [2.05, 4.69) is 24.4 Å². The first-order valence-electron chi connectivity index (χ1n) is 8.69. The molecule has 0 bridgehead atoms. The molecule has 3 aromatic rings. The maximum Gasteiger partial charge on any atom is 0.411 e. The number of rotatable bonds is 6. The molecule has 0 aliphatic rings. The van der Waals surface area contributed by atoms with Crippen molar-refractivity contribution in [1.29, 1.82) is 0 Å². The van der Waals surface area contributed by atoms with Gasteiger partial charge in [0.1, 0.15) is 5.58 Å². The van der Waals surface area contributed by atoms with E-state index in [1.54, 1.807) is 30.8 Å². The second-order valence-corrected chi connectivity index (χ2v) is 7.05. The summed E-state index contributed by atoms with van der Waals surface area (Å²) < 4.78 is 10.2. The number of amides is 1. The first-order chi connectivity index (χ1) is 13.1. The van der Waals surface area contributed by atoms with Crippen LogP contribution in [0.4, 0.5) is 10.5 Å². The molecule has 0 aliphatic heterocycles. The Morgan fingerprint density at radius 1 is 1.11 bits per heavy atom. The third-order valence-electron chi connectivity index (χ3n) is 4.13. The molecule has 1 amide bonds. The third-order valence-corrected chi connectivity index (χ3v) is 5.16. The zero-order valence-electron chi connectivity index (χ0n) is 15.3. The lowest BCUT2D eigenvalue weighted by Crippen LogP contribution is -2.13. The molecule has 0 unspecified atom stereocenters. The standard InChI is InChI=1S/C21H21NO4S/c1-3-25-21(24)22-17-8-9-18-16(10-20(23)26-19(18)11-17)13-27-12-15-7-5-4-6-14(15)2/h4-11H,3,12-13H2,1-2H3,(H,22,24). The number of carbonyl (C=O) groups is 1. The molecule has 0 atom stereocenters. The van der Waals surface area contributed by atoms with Gasteiger partial charge < -0.3 is 9.15 Å². The first-order valence-corrected chi connectivity index (χ1v) is 9.85. The van der Waals surface area contributed by atoms with E-state index < -0.39 is 11.7 Å². The summed E-state index contributed by atoms with van der Waals surface area (Å²) in [5.74, 6) is 1.57. The van der Waals surface area contributed by atoms with Gasteiger partial charge in [0, 0.05) is 34.7 Å². The number of hydrogen-bond acceptors (Lipinski definition) is 5. The summed E-state index contributed by atoms with van der Waals surface area (Å²) in [6, 6.07) is 15.1. The highest BCUT2D eigenvalue weighted by Gasteiger charge is 2.09. The number of aryl methyl sites for hydroxylation is 1. The second kappa shape index (κ2) is 8.77. The molecule has 1 aromatic heterocycles. The number of nitrogens with one attached hydrogen (secondary N) is 1. The molecule has 0 spiro atoms. The summed E-state index contributed by atoms with van der Waals surface area (Å²) in [7, 11) is 0. The molecule has 27 heavy (non-hydrogen) atoms. The van der Waals surface area contributed by atoms with Crippen LogP contribution in [0.1, 0.15) is 23.6 Å². The minimum absolute atomic E-state index is 0.288. The Bertz CT molecular complexity index is 1010. The molecule has 0 fully saturated rings. The molecular weight excluding hydrogens is 362 g/mol. The topological polar surface area (TPSA) is 68.5 Å². The number of hydrogen-bond donors (Lipinski definition) is 1. The van der Waals surface area contributed by atoms with E-state index in [4.69, 9.17) is 9.15 Å². The Morgan fingerprint density at radius 3 is 2.67 bits per heavy atom. The molecule has 6 heteroatoms. The van der Waals surface area contributed by atoms with Crippen molar-refractivity contribution in [2.45, 2.75) is 25.4 Å². The van der Waals surface area contributed by atoms with Crippen LogP contribution in [0.5, 0.6) is 0 Å². The van der Waals surface area contributed by atoms with Crippen LogP contribution in [-0.4, -0.2) is 12.7 Å². The monoisotopic (exact) mass is 383 g/mol. The van der Waals surface area contributed by atoms with Gasteiger partial charge in [-0.25, -0.2) is 9.59 Å². The highest BCUT2D eigenvalue weighted by atomic mass is 32.2. The van der Waals surface area contributed by atoms with Crippen LogP contribution in [0.15, 0.2) is 57.7 Å². The summed E-state index contributed by atoms with van der Waals surface area (Å²) in [5.41, 5.74) is 4.04. The van der Waals surface area contributed by atoms with Gasteiger partial charge in [0.05, 0.1) is 6.61 Å². The number of anilines is 1. The fourth-order valence-corrected chi connectivity index (χ4v) is 3.86. The number of thioether (sulfide) groups is 1. The number of fused-ring (bicyclic) bond motifs is 1. The van der Waals surface area contributed by atoms with Gasteiger partial charge in [0.2, 0.25) is 0 Å². The van der Waals surface area contributed by atoms with E-state index >= 15 is 0 Å². The van der Waals surface area contributed by atoms with E-state index in [0.717, 1.165) is 16.7 Å². The average molecular weight is 383 g/mol. The highest BCUT2D eigenvalue weighted by Crippen LogP contribution is 2.26. The summed E-state index contributed by atoms with van der Waals surface area (Å²) in [6.07, 6.45) is -0.538. The largest absolute Gasteiger partial charge is 0.450 e. The lowest BCUT2D eigenvalue weighted by molar-refractivity contribution is 0.168. The van der Waals surface area contributed by atoms with Crippen LogP contribution in [-0.2, 0) is 16.2 Å². The Hall–Kier alpha value is -2.73. The minimum Gasteiger partial charge on any atom is -0.450 e. The molecule has 1 N–H and O–H groups in total. The summed E-state index contributed by atoms with van der Waals surface area (Å²) in [4.78, 5) is 23.5. The Morgan fingerprint density at radius 2 is 1.89 bits per heavy atom. The van der Waals surface area contributed by atoms with Crippen molar-refractivity contribution >= 4 is 34.5 Å². The highest BCUT2D eigenvalue weighted by molar-refractivity contribution is 7.97. The van der Waals surface area contributed by atoms with Crippen molar-refractivity contribution in [1.82, 2.24) is 0 Å². The van der Waals surface area contributed by atoms with Gasteiger partial charge >= 0.3 is 11.7 Å². The van der Waals surface area contributed by atoms with E-state index in [1.165, 1.54) is 17.2 Å². The first kappa shape index (κ1) is 19.0. The van der Waals surface area contributed by atoms with Crippen molar-refractivity contribution in [3.05, 3.63) is 75.6 Å². The van der Waals surface area contributed by atoms with Crippen LogP contribution in [0.2, 0.25) is 0 Å². The fourth-order valence-electron chi connectivity index (χ4n) is 2.76. The Balaban J connectivity index is 1.78. The van der Waals surface area contributed by atoms with Crippen LogP contribution >= 0.6 is 11.8 Å². The molecule has 1 heterocycles. The molecule has 0 radical (unpaired) electrons. The van der Waals surface area contributed by atoms with Crippen molar-refractivity contribution < 1.29 is 13.9 Å². The molecule has 2 aromatic carbocycles. The van der Waals surface area contributed by atoms with Crippen molar-refractivity contribution in [3.63, 3.8) is 0 Å². The number of ether oxygens (including phenoxy) is 1. The molecular formula is C21H21NO4S. The zero-order valence-corrected chi connectivity index (χ0v) is 16.1. The van der Waals surface area contributed by atoms with Crippen LogP contribution in [0.25, 0.3) is 11.0 Å². The molecule has 3 rings (SSSR count). The Kier molecular flexibility index (Phi) is 6.19. The predicted octanol–water partition coefficient (Wildman–Crippen LogP) is 5.10. The van der Waals surface area contributed by atoms with E-state index in [9.17, 15) is 9.59 Å². The predicted molar refractivity (Wildman–Crippen MR) is 109 cm³/mol. The maximum atomic E-state index is 11.9. The van der Waals surface area contributed by atoms with Crippen LogP contribution < -0.4 is 10.9 Å². The van der Waals surface area contributed by atoms with E-state index in [-0.39, 0.29) is 6.61 Å². The van der Waals surface area contributed by atoms with Gasteiger partial charge in [-0.3, -0.25) is 5.32 Å². The van der Waals surface area contributed by atoms with Crippen LogP contribution in [0, 0.1) is 6.92 Å². The zero-order chi connectivity index (χ0) is 19.2. The normalized spacial score (nSPS) is 10.7. The number of carbonyl (C=O) groups excluding carboxylic acids is 1. The summed E-state index contributed by atoms with van der Waals surface area (Å²) in [6.45, 7) is 4.12. The van der Waals surface area contributed by atoms with Crippen molar-refractivity contribution in [3.8, 4) is 0 Å². The lowest BCUT2D eigenvalue weighted by Gasteiger charge is -2.09. The van der Waals surface area contributed by atoms with Crippen LogP contribution in [0.3, 0.4) is 0 Å². The quantitative estimate of drug-likeness (QED) is 0.600. The van der Waals surface area contributed by atoms with Gasteiger partial charge in [0.15, 0.2) is 0 Å². The molecule has 140 valence electrons. The lowest BCUT2D eigenvalue weighted by atomic mass is 10.1. The van der Waals surface area contributed by atoms with Crippen molar-refractivity contribution in [2.24, 2.45) is 0 Å². The van der Waals surface area contributed by atoms with Gasteiger partial charge in [-0.15, -0.1) is 0 Å². The second-order valence-electron chi connectivity index (χ2n) is 6.07. The van der Waals surface area contributed by atoms with Gasteiger partial charge in [0.25, 0.3) is 0 Å². The molecule has 5 nitrogen and oxygen atoms in total. The fraction of sp³-hybridized carbons (Fsp3) is 0.238. The third kappa shape index (κ3) is 4.92. The minimum atomic E-state index is -0.538. The summed E-state index contributed by atoms with van der Waals surface area (Å²) in [5, 5.41) is 3.48. The number of benzene rings is 2. The average Bonchev–Trinajstić information content (AvgIpc) is 2.63. The maximum absolute atomic E-state index is 11.9. The molecule has 0 saturated heterocycles. The molecule has 0 aliphatic carbocycles. The van der Waals surface area contributed by atoms with Gasteiger partial charge in [-0.1, -0.05) is 24.3 Å². The SMILES string of the molecule is CCOC(=O)Nc1ccc2c(CSCc3ccccc3C)cc(=O)oc2c1. The van der Waals surface area contributed by atoms with Gasteiger partial charge in [-0.05, 0) is 42.7 Å². The van der Waals surface area contributed by atoms with E-state index in [0.29, 0.717) is 17.0 Å². The summed E-state index contributed by atoms with van der Waals surface area (Å²) >= 11 is 1.75. The Labute approximate surface area is 161 Å². The van der Waals surface area contributed by atoms with Crippen molar-refractivity contribution in [2.75, 3.05) is 11.9 Å². The smallest absolute Gasteiger partial charge is 0.411 e. The molecule has 0 saturated carbocycles. The van der Waals surface area contributed by atoms with Gasteiger partial charge in [-0.2, -0.15) is 11.8 Å². The van der Waals surface area contributed by atoms with E-state index in [1.807, 2.05) is 18.2 Å².